The molecule has 0 radical (unpaired) electrons. The first-order valence-corrected chi connectivity index (χ1v) is 12.5. The van der Waals surface area contributed by atoms with Gasteiger partial charge in [-0.3, -0.25) is 23.9 Å². The summed E-state index contributed by atoms with van der Waals surface area (Å²) in [4.78, 5) is 51.0. The Hall–Kier alpha value is -4.10. The van der Waals surface area contributed by atoms with Crippen molar-refractivity contribution < 1.29 is 9.59 Å². The fourth-order valence-electron chi connectivity index (χ4n) is 7.45. The van der Waals surface area contributed by atoms with Crippen molar-refractivity contribution in [3.8, 4) is 5.69 Å². The lowest BCUT2D eigenvalue weighted by atomic mass is 9.75. The van der Waals surface area contributed by atoms with E-state index in [2.05, 4.69) is 4.90 Å². The average Bonchev–Trinajstić information content (AvgIpc) is 3.62. The van der Waals surface area contributed by atoms with Gasteiger partial charge in [0.15, 0.2) is 0 Å². The summed E-state index contributed by atoms with van der Waals surface area (Å²) in [5.74, 6) is -0.940. The summed E-state index contributed by atoms with van der Waals surface area (Å²) in [6, 6.07) is 24.3. The van der Waals surface area contributed by atoms with Crippen molar-refractivity contribution >= 4 is 28.4 Å². The second kappa shape index (κ2) is 6.77. The van der Waals surface area contributed by atoms with Crippen molar-refractivity contribution in [1.29, 1.82) is 0 Å². The maximum atomic E-state index is 14.3. The lowest BCUT2D eigenvalue weighted by molar-refractivity contribution is -0.124. The molecule has 3 fully saturated rings. The third-order valence-electron chi connectivity index (χ3n) is 8.65. The van der Waals surface area contributed by atoms with Gasteiger partial charge in [0.05, 0.1) is 34.1 Å². The molecule has 1 aromatic heterocycles. The standard InChI is InChI=1S/C29H22N4O3/c34-25-18-11-4-6-13-20(18)30-28-29(19-12-5-7-14-21(19)33(25)28)24-23(22-15-8-16-31(22)29)26(35)32(27(24)36)17-9-2-1-3-10-17/h1-7,9-14,22-24H,8,15-16H2/t22-,23-,24+,29-/m0/s1. The summed E-state index contributed by atoms with van der Waals surface area (Å²) >= 11 is 0. The van der Waals surface area contributed by atoms with E-state index in [-0.39, 0.29) is 23.4 Å². The van der Waals surface area contributed by atoms with Crippen LogP contribution in [0.15, 0.2) is 83.7 Å². The molecule has 4 aliphatic heterocycles. The van der Waals surface area contributed by atoms with Crippen LogP contribution in [0.25, 0.3) is 16.6 Å². The van der Waals surface area contributed by atoms with E-state index in [1.807, 2.05) is 72.8 Å². The van der Waals surface area contributed by atoms with Crippen LogP contribution in [0.1, 0.15) is 24.2 Å². The first kappa shape index (κ1) is 20.1. The lowest BCUT2D eigenvalue weighted by Gasteiger charge is -2.38. The summed E-state index contributed by atoms with van der Waals surface area (Å²) in [5, 5.41) is 0.542. The van der Waals surface area contributed by atoms with Crippen LogP contribution in [0.2, 0.25) is 0 Å². The zero-order valence-corrected chi connectivity index (χ0v) is 19.4. The number of imide groups is 1. The predicted octanol–water partition coefficient (Wildman–Crippen LogP) is 3.23. The van der Waals surface area contributed by atoms with Gasteiger partial charge in [0.1, 0.15) is 11.4 Å². The van der Waals surface area contributed by atoms with Gasteiger partial charge >= 0.3 is 0 Å². The van der Waals surface area contributed by atoms with Crippen LogP contribution >= 0.6 is 0 Å². The monoisotopic (exact) mass is 474 g/mol. The molecule has 5 heterocycles. The van der Waals surface area contributed by atoms with Crippen molar-refractivity contribution in [2.45, 2.75) is 24.4 Å². The van der Waals surface area contributed by atoms with Gasteiger partial charge in [0.2, 0.25) is 11.8 Å². The van der Waals surface area contributed by atoms with Gasteiger partial charge in [0.25, 0.3) is 5.56 Å². The average molecular weight is 475 g/mol. The van der Waals surface area contributed by atoms with Crippen LogP contribution in [0.4, 0.5) is 5.69 Å². The fraction of sp³-hybridized carbons (Fsp3) is 0.241. The van der Waals surface area contributed by atoms with Gasteiger partial charge in [0, 0.05) is 11.6 Å². The minimum absolute atomic E-state index is 0.0804. The van der Waals surface area contributed by atoms with Crippen LogP contribution in [0, 0.1) is 11.8 Å². The molecule has 176 valence electrons. The molecule has 0 saturated carbocycles. The molecule has 3 aromatic carbocycles. The Bertz CT molecular complexity index is 1680. The first-order chi connectivity index (χ1) is 17.6. The Morgan fingerprint density at radius 1 is 0.833 bits per heavy atom. The summed E-state index contributed by atoms with van der Waals surface area (Å²) in [6.07, 6.45) is 1.77. The zero-order valence-electron chi connectivity index (χ0n) is 19.4. The quantitative estimate of drug-likeness (QED) is 0.396. The normalized spacial score (nSPS) is 28.1. The number of hydrogen-bond acceptors (Lipinski definition) is 5. The SMILES string of the molecule is O=C1[C@H]2[C@@H]3CCCN3[C@@]3(c4ccccc4-n4c3nc3ccccc3c4=O)[C@H]2C(=O)N1c1ccccc1. The van der Waals surface area contributed by atoms with Crippen molar-refractivity contribution in [3.63, 3.8) is 0 Å². The van der Waals surface area contributed by atoms with Crippen LogP contribution in [-0.2, 0) is 15.1 Å². The molecule has 36 heavy (non-hydrogen) atoms. The molecule has 0 bridgehead atoms. The number of benzene rings is 3. The van der Waals surface area contributed by atoms with E-state index in [0.29, 0.717) is 22.4 Å². The third-order valence-corrected chi connectivity index (χ3v) is 8.65. The van der Waals surface area contributed by atoms with Gasteiger partial charge in [-0.05, 0) is 49.7 Å². The Labute approximate surface area is 206 Å². The number of aromatic nitrogens is 2. The maximum absolute atomic E-state index is 14.3. The number of anilines is 1. The molecular formula is C29H22N4O3. The van der Waals surface area contributed by atoms with Crippen molar-refractivity contribution in [2.75, 3.05) is 11.4 Å². The highest BCUT2D eigenvalue weighted by Gasteiger charge is 2.73. The second-order valence-corrected chi connectivity index (χ2v) is 10.1. The molecule has 2 amide bonds. The summed E-state index contributed by atoms with van der Waals surface area (Å²) in [6.45, 7) is 0.751. The van der Waals surface area contributed by atoms with Crippen LogP contribution in [0.3, 0.4) is 0 Å². The number of rotatable bonds is 1. The molecular weight excluding hydrogens is 452 g/mol. The molecule has 7 nitrogen and oxygen atoms in total. The highest BCUT2D eigenvalue weighted by molar-refractivity contribution is 6.23. The highest BCUT2D eigenvalue weighted by atomic mass is 16.2. The van der Waals surface area contributed by atoms with E-state index < -0.39 is 17.4 Å². The van der Waals surface area contributed by atoms with Crippen molar-refractivity contribution in [3.05, 3.63) is 101 Å². The second-order valence-electron chi connectivity index (χ2n) is 10.1. The number of carbonyl (C=O) groups excluding carboxylic acids is 2. The van der Waals surface area contributed by atoms with Gasteiger partial charge in [-0.25, -0.2) is 9.88 Å². The highest BCUT2D eigenvalue weighted by Crippen LogP contribution is 2.62. The molecule has 0 aliphatic carbocycles. The van der Waals surface area contributed by atoms with E-state index in [9.17, 15) is 14.4 Å². The number of amides is 2. The van der Waals surface area contributed by atoms with Gasteiger partial charge < -0.3 is 0 Å². The Kier molecular flexibility index (Phi) is 3.78. The minimum Gasteiger partial charge on any atom is -0.283 e. The number of carbonyl (C=O) groups is 2. The molecule has 4 aliphatic rings. The number of nitrogens with zero attached hydrogens (tertiary/aromatic N) is 4. The fourth-order valence-corrected chi connectivity index (χ4v) is 7.45. The van der Waals surface area contributed by atoms with Crippen LogP contribution in [-0.4, -0.2) is 38.9 Å². The van der Waals surface area contributed by atoms with Crippen molar-refractivity contribution in [1.82, 2.24) is 14.5 Å². The number of hydrogen-bond donors (Lipinski definition) is 0. The summed E-state index contributed by atoms with van der Waals surface area (Å²) < 4.78 is 1.69. The molecule has 8 rings (SSSR count). The van der Waals surface area contributed by atoms with Crippen LogP contribution < -0.4 is 10.5 Å². The Morgan fingerprint density at radius 2 is 1.58 bits per heavy atom. The number of fused-ring (bicyclic) bond motifs is 11. The smallest absolute Gasteiger partial charge is 0.266 e. The first-order valence-electron chi connectivity index (χ1n) is 12.5. The Morgan fingerprint density at radius 3 is 2.44 bits per heavy atom. The number of para-hydroxylation sites is 3. The minimum atomic E-state index is -0.970. The third kappa shape index (κ3) is 2.14. The van der Waals surface area contributed by atoms with E-state index in [0.717, 1.165) is 30.6 Å². The van der Waals surface area contributed by atoms with E-state index in [1.165, 1.54) is 4.90 Å². The van der Waals surface area contributed by atoms with E-state index in [1.54, 1.807) is 10.6 Å². The predicted molar refractivity (Wildman–Crippen MR) is 134 cm³/mol. The van der Waals surface area contributed by atoms with Crippen LogP contribution in [0.5, 0.6) is 0 Å². The maximum Gasteiger partial charge on any atom is 0.266 e. The molecule has 1 spiro atoms. The molecule has 7 heteroatoms. The summed E-state index contributed by atoms with van der Waals surface area (Å²) in [7, 11) is 0. The van der Waals surface area contributed by atoms with E-state index in [4.69, 9.17) is 4.98 Å². The molecule has 3 saturated heterocycles. The lowest BCUT2D eigenvalue weighted by Crippen LogP contribution is -2.51. The molecule has 4 aromatic rings. The largest absolute Gasteiger partial charge is 0.283 e. The van der Waals surface area contributed by atoms with E-state index >= 15 is 0 Å². The van der Waals surface area contributed by atoms with Gasteiger partial charge in [-0.2, -0.15) is 0 Å². The van der Waals surface area contributed by atoms with Gasteiger partial charge in [-0.1, -0.05) is 48.5 Å². The molecule has 0 unspecified atom stereocenters. The topological polar surface area (TPSA) is 75.5 Å². The van der Waals surface area contributed by atoms with Crippen molar-refractivity contribution in [2.24, 2.45) is 11.8 Å². The Balaban J connectivity index is 1.47. The summed E-state index contributed by atoms with van der Waals surface area (Å²) in [5.41, 5.74) is 1.73. The molecule has 0 N–H and O–H groups in total. The van der Waals surface area contributed by atoms with Gasteiger partial charge in [-0.15, -0.1) is 0 Å². The molecule has 4 atom stereocenters. The zero-order chi connectivity index (χ0) is 24.2.